The Labute approximate surface area is 142 Å². The lowest BCUT2D eigenvalue weighted by Gasteiger charge is -2.42. The van der Waals surface area contributed by atoms with Gasteiger partial charge in [0.05, 0.1) is 0 Å². The van der Waals surface area contributed by atoms with Gasteiger partial charge in [-0.3, -0.25) is 5.32 Å². The molecule has 1 N–H and O–H groups in total. The van der Waals surface area contributed by atoms with Gasteiger partial charge in [-0.15, -0.1) is 11.3 Å². The molecule has 1 aliphatic heterocycles. The summed E-state index contributed by atoms with van der Waals surface area (Å²) in [5, 5.41) is 3.72. The zero-order chi connectivity index (χ0) is 16.2. The number of rotatable bonds is 3. The fraction of sp³-hybridized carbons (Fsp3) is 0.765. The molecule has 0 aromatic carbocycles. The lowest BCUT2D eigenvalue weighted by atomic mass is 9.85. The molecule has 2 heterocycles. The first-order chi connectivity index (χ1) is 11.1. The molecule has 1 aromatic rings. The summed E-state index contributed by atoms with van der Waals surface area (Å²) in [5.74, 6) is 0.785. The highest BCUT2D eigenvalue weighted by molar-refractivity contribution is 7.15. The summed E-state index contributed by atoms with van der Waals surface area (Å²) in [4.78, 5) is 20.4. The maximum atomic E-state index is 12.9. The average molecular weight is 337 g/mol. The molecule has 1 aliphatic carbocycles. The topological polar surface area (TPSA) is 54.5 Å². The Morgan fingerprint density at radius 1 is 1.22 bits per heavy atom. The van der Waals surface area contributed by atoms with Gasteiger partial charge in [0.2, 0.25) is 0 Å². The van der Waals surface area contributed by atoms with E-state index >= 15 is 0 Å². The van der Waals surface area contributed by atoms with E-state index in [2.05, 4.69) is 22.1 Å². The van der Waals surface area contributed by atoms with Crippen molar-refractivity contribution in [1.82, 2.24) is 9.88 Å². The monoisotopic (exact) mass is 337 g/mol. The van der Waals surface area contributed by atoms with Crippen molar-refractivity contribution < 1.29 is 9.53 Å². The van der Waals surface area contributed by atoms with Gasteiger partial charge in [-0.1, -0.05) is 6.92 Å². The molecule has 1 saturated carbocycles. The first-order valence-corrected chi connectivity index (χ1v) is 9.54. The van der Waals surface area contributed by atoms with Gasteiger partial charge in [0.15, 0.2) is 5.13 Å². The number of hydrogen-bond acceptors (Lipinski definition) is 4. The normalized spacial score (nSPS) is 26.0. The van der Waals surface area contributed by atoms with Gasteiger partial charge in [0.25, 0.3) is 0 Å². The van der Waals surface area contributed by atoms with Crippen molar-refractivity contribution in [3.05, 3.63) is 11.1 Å². The van der Waals surface area contributed by atoms with Gasteiger partial charge in [-0.25, -0.2) is 9.78 Å². The van der Waals surface area contributed by atoms with Crippen molar-refractivity contribution >= 4 is 22.5 Å². The number of nitrogens with one attached hydrogen (secondary N) is 1. The molecule has 23 heavy (non-hydrogen) atoms. The number of ether oxygens (including phenoxy) is 1. The zero-order valence-electron chi connectivity index (χ0n) is 14.1. The van der Waals surface area contributed by atoms with Crippen LogP contribution in [-0.4, -0.2) is 41.2 Å². The Bertz CT molecular complexity index is 520. The van der Waals surface area contributed by atoms with Crippen molar-refractivity contribution in [3.63, 3.8) is 0 Å². The summed E-state index contributed by atoms with van der Waals surface area (Å²) in [5.41, 5.74) is 0. The molecule has 6 heteroatoms. The molecule has 0 spiro atoms. The number of thiazole rings is 1. The van der Waals surface area contributed by atoms with E-state index in [0.717, 1.165) is 49.7 Å². The molecule has 0 unspecified atom stereocenters. The average Bonchev–Trinajstić information content (AvgIpc) is 2.95. The van der Waals surface area contributed by atoms with E-state index < -0.39 is 0 Å². The fourth-order valence-electron chi connectivity index (χ4n) is 3.68. The van der Waals surface area contributed by atoms with Crippen molar-refractivity contribution in [1.29, 1.82) is 0 Å². The van der Waals surface area contributed by atoms with Gasteiger partial charge in [0.1, 0.15) is 0 Å². The van der Waals surface area contributed by atoms with E-state index in [9.17, 15) is 4.79 Å². The highest BCUT2D eigenvalue weighted by atomic mass is 32.1. The first-order valence-electron chi connectivity index (χ1n) is 8.73. The van der Waals surface area contributed by atoms with Gasteiger partial charge >= 0.3 is 6.03 Å². The SMILES string of the molecule is Cc1cnc(NC(=O)N(C2CCOCC2)C2CCC(C)CC2)s1. The number of nitrogens with zero attached hydrogens (tertiary/aromatic N) is 2. The van der Waals surface area contributed by atoms with Crippen LogP contribution in [0.1, 0.15) is 50.3 Å². The van der Waals surface area contributed by atoms with Gasteiger partial charge in [-0.05, 0) is 51.4 Å². The van der Waals surface area contributed by atoms with E-state index in [1.807, 2.05) is 6.92 Å². The number of aromatic nitrogens is 1. The Hall–Kier alpha value is -1.14. The Balaban J connectivity index is 1.71. The number of amides is 2. The molecule has 1 aromatic heterocycles. The predicted molar refractivity (Wildman–Crippen MR) is 93.0 cm³/mol. The zero-order valence-corrected chi connectivity index (χ0v) is 14.9. The van der Waals surface area contributed by atoms with Crippen molar-refractivity contribution in [2.45, 2.75) is 64.5 Å². The highest BCUT2D eigenvalue weighted by Crippen LogP contribution is 2.31. The van der Waals surface area contributed by atoms with Crippen LogP contribution in [0.15, 0.2) is 6.20 Å². The van der Waals surface area contributed by atoms with Crippen molar-refractivity contribution in [2.75, 3.05) is 18.5 Å². The molecule has 5 nitrogen and oxygen atoms in total. The quantitative estimate of drug-likeness (QED) is 0.905. The lowest BCUT2D eigenvalue weighted by Crippen LogP contribution is -2.52. The van der Waals surface area contributed by atoms with Gasteiger partial charge in [0, 0.05) is 36.4 Å². The van der Waals surface area contributed by atoms with Crippen LogP contribution >= 0.6 is 11.3 Å². The molecule has 2 aliphatic rings. The van der Waals surface area contributed by atoms with Crippen LogP contribution < -0.4 is 5.32 Å². The molecule has 2 amide bonds. The summed E-state index contributed by atoms with van der Waals surface area (Å²) in [6.45, 7) is 5.83. The van der Waals surface area contributed by atoms with Gasteiger partial charge < -0.3 is 9.64 Å². The van der Waals surface area contributed by atoms with Crippen LogP contribution in [0.4, 0.5) is 9.93 Å². The van der Waals surface area contributed by atoms with Crippen LogP contribution in [0.2, 0.25) is 0 Å². The van der Waals surface area contributed by atoms with Crippen LogP contribution in [0.3, 0.4) is 0 Å². The highest BCUT2D eigenvalue weighted by Gasteiger charge is 2.34. The summed E-state index contributed by atoms with van der Waals surface area (Å²) < 4.78 is 5.49. The molecular weight excluding hydrogens is 310 g/mol. The largest absolute Gasteiger partial charge is 0.381 e. The molecular formula is C17H27N3O2S. The summed E-state index contributed by atoms with van der Waals surface area (Å²) in [6, 6.07) is 0.671. The number of hydrogen-bond donors (Lipinski definition) is 1. The lowest BCUT2D eigenvalue weighted by molar-refractivity contribution is 0.0279. The Kier molecular flexibility index (Phi) is 5.54. The van der Waals surface area contributed by atoms with E-state index in [1.165, 1.54) is 24.2 Å². The third kappa shape index (κ3) is 4.23. The fourth-order valence-corrected chi connectivity index (χ4v) is 4.34. The minimum Gasteiger partial charge on any atom is -0.381 e. The molecule has 0 radical (unpaired) electrons. The summed E-state index contributed by atoms with van der Waals surface area (Å²) in [6.07, 6.45) is 8.35. The number of anilines is 1. The van der Waals surface area contributed by atoms with Crippen LogP contribution in [0.25, 0.3) is 0 Å². The predicted octanol–water partition coefficient (Wildman–Crippen LogP) is 4.04. The van der Waals surface area contributed by atoms with E-state index in [4.69, 9.17) is 4.74 Å². The first kappa shape index (κ1) is 16.7. The van der Waals surface area contributed by atoms with Crippen molar-refractivity contribution in [3.8, 4) is 0 Å². The standard InChI is InChI=1S/C17H27N3O2S/c1-12-3-5-14(6-4-12)20(15-7-9-22-10-8-15)17(21)19-16-18-11-13(2)23-16/h11-12,14-15H,3-10H2,1-2H3,(H,18,19,21). The number of carbonyl (C=O) groups excluding carboxylic acids is 1. The van der Waals surface area contributed by atoms with Crippen molar-refractivity contribution in [2.24, 2.45) is 5.92 Å². The minimum atomic E-state index is 0.0193. The van der Waals surface area contributed by atoms with E-state index in [-0.39, 0.29) is 6.03 Å². The van der Waals surface area contributed by atoms with E-state index in [1.54, 1.807) is 6.20 Å². The summed E-state index contributed by atoms with van der Waals surface area (Å²) >= 11 is 1.53. The second-order valence-electron chi connectivity index (χ2n) is 6.87. The second kappa shape index (κ2) is 7.62. The Morgan fingerprint density at radius 3 is 2.48 bits per heavy atom. The molecule has 0 bridgehead atoms. The maximum Gasteiger partial charge on any atom is 0.324 e. The van der Waals surface area contributed by atoms with Crippen LogP contribution in [0.5, 0.6) is 0 Å². The molecule has 128 valence electrons. The molecule has 3 rings (SSSR count). The van der Waals surface area contributed by atoms with E-state index in [0.29, 0.717) is 17.2 Å². The third-order valence-corrected chi connectivity index (χ3v) is 5.86. The number of carbonyl (C=O) groups is 1. The Morgan fingerprint density at radius 2 is 1.87 bits per heavy atom. The maximum absolute atomic E-state index is 12.9. The molecule has 0 atom stereocenters. The smallest absolute Gasteiger partial charge is 0.324 e. The van der Waals surface area contributed by atoms with Crippen LogP contribution in [-0.2, 0) is 4.74 Å². The number of aryl methyl sites for hydroxylation is 1. The number of urea groups is 1. The minimum absolute atomic E-state index is 0.0193. The molecule has 2 fully saturated rings. The third-order valence-electron chi connectivity index (χ3n) is 5.03. The van der Waals surface area contributed by atoms with Gasteiger partial charge in [-0.2, -0.15) is 0 Å². The second-order valence-corrected chi connectivity index (χ2v) is 8.11. The molecule has 1 saturated heterocycles. The van der Waals surface area contributed by atoms with Crippen LogP contribution in [0, 0.1) is 12.8 Å². The summed E-state index contributed by atoms with van der Waals surface area (Å²) in [7, 11) is 0.